The quantitative estimate of drug-likeness (QED) is 0.637. The van der Waals surface area contributed by atoms with Gasteiger partial charge in [-0.25, -0.2) is 0 Å². The number of nitrogens with zero attached hydrogens (tertiary/aromatic N) is 1. The molecule has 0 aliphatic heterocycles. The smallest absolute Gasteiger partial charge is 0.118 e. The fraction of sp³-hybridized carbons (Fsp3) is 0.455. The van der Waals surface area contributed by atoms with E-state index in [1.54, 1.807) is 0 Å². The van der Waals surface area contributed by atoms with Crippen molar-refractivity contribution in [2.24, 2.45) is 0 Å². The molecule has 0 aliphatic rings. The van der Waals surface area contributed by atoms with E-state index >= 15 is 0 Å². The van der Waals surface area contributed by atoms with Crippen LogP contribution in [0.4, 0.5) is 0 Å². The zero-order chi connectivity index (χ0) is 9.75. The Balaban J connectivity index is 3.01. The predicted molar refractivity (Wildman–Crippen MR) is 55.4 cm³/mol. The summed E-state index contributed by atoms with van der Waals surface area (Å²) < 4.78 is 2.31. The summed E-state index contributed by atoms with van der Waals surface area (Å²) in [7, 11) is 0. The van der Waals surface area contributed by atoms with Gasteiger partial charge in [-0.1, -0.05) is 0 Å². The van der Waals surface area contributed by atoms with Crippen LogP contribution in [-0.4, -0.2) is 9.38 Å². The third-order valence-electron chi connectivity index (χ3n) is 3.20. The molecule has 0 fully saturated rings. The Morgan fingerprint density at radius 2 is 1.46 bits per heavy atom. The highest BCUT2D eigenvalue weighted by molar-refractivity contribution is 5.58. The lowest BCUT2D eigenvalue weighted by Crippen LogP contribution is -1.88. The van der Waals surface area contributed by atoms with Crippen LogP contribution in [0.3, 0.4) is 0 Å². The molecular formula is C11H16N2. The van der Waals surface area contributed by atoms with Crippen LogP contribution in [0.2, 0.25) is 0 Å². The molecule has 2 rings (SSSR count). The van der Waals surface area contributed by atoms with Crippen LogP contribution in [0.1, 0.15) is 28.2 Å². The first-order valence-corrected chi connectivity index (χ1v) is 4.67. The van der Waals surface area contributed by atoms with Crippen molar-refractivity contribution in [3.05, 3.63) is 28.2 Å². The van der Waals surface area contributed by atoms with E-state index in [1.165, 1.54) is 33.9 Å². The van der Waals surface area contributed by atoms with Gasteiger partial charge in [-0.05, 0) is 45.7 Å². The number of aromatic nitrogens is 2. The lowest BCUT2D eigenvalue weighted by Gasteiger charge is -1.96. The molecule has 2 aromatic heterocycles. The SMILES string of the molecule is Cc1[nH]c2c(C)c(C)c(C)n2c1C. The van der Waals surface area contributed by atoms with Crippen LogP contribution in [0, 0.1) is 34.6 Å². The Morgan fingerprint density at radius 1 is 0.846 bits per heavy atom. The molecule has 2 heterocycles. The molecular weight excluding hydrogens is 160 g/mol. The molecule has 13 heavy (non-hydrogen) atoms. The van der Waals surface area contributed by atoms with E-state index in [2.05, 4.69) is 44.0 Å². The number of rotatable bonds is 0. The van der Waals surface area contributed by atoms with E-state index in [0.717, 1.165) is 0 Å². The summed E-state index contributed by atoms with van der Waals surface area (Å²) in [6.07, 6.45) is 0. The Morgan fingerprint density at radius 3 is 2.00 bits per heavy atom. The number of fused-ring (bicyclic) bond motifs is 1. The lowest BCUT2D eigenvalue weighted by atomic mass is 10.2. The zero-order valence-corrected chi connectivity index (χ0v) is 8.95. The van der Waals surface area contributed by atoms with E-state index in [9.17, 15) is 0 Å². The summed E-state index contributed by atoms with van der Waals surface area (Å²) in [4.78, 5) is 3.42. The monoisotopic (exact) mass is 176 g/mol. The van der Waals surface area contributed by atoms with Crippen LogP contribution < -0.4 is 0 Å². The lowest BCUT2D eigenvalue weighted by molar-refractivity contribution is 1.04. The van der Waals surface area contributed by atoms with Crippen molar-refractivity contribution in [2.45, 2.75) is 34.6 Å². The van der Waals surface area contributed by atoms with Crippen LogP contribution in [0.25, 0.3) is 5.65 Å². The summed E-state index contributed by atoms with van der Waals surface area (Å²) in [6, 6.07) is 0. The molecule has 0 saturated heterocycles. The maximum Gasteiger partial charge on any atom is 0.118 e. The summed E-state index contributed by atoms with van der Waals surface area (Å²) in [5.41, 5.74) is 7.97. The second-order valence-corrected chi connectivity index (χ2v) is 3.85. The molecule has 2 heteroatoms. The molecule has 0 atom stereocenters. The molecule has 0 unspecified atom stereocenters. The van der Waals surface area contributed by atoms with Gasteiger partial charge < -0.3 is 9.38 Å². The average molecular weight is 176 g/mol. The van der Waals surface area contributed by atoms with Gasteiger partial charge in [0, 0.05) is 17.1 Å². The van der Waals surface area contributed by atoms with Crippen LogP contribution in [0.5, 0.6) is 0 Å². The molecule has 1 N–H and O–H groups in total. The number of H-pyrrole nitrogens is 1. The highest BCUT2D eigenvalue weighted by Gasteiger charge is 2.12. The second-order valence-electron chi connectivity index (χ2n) is 3.85. The van der Waals surface area contributed by atoms with Crippen molar-refractivity contribution in [3.63, 3.8) is 0 Å². The van der Waals surface area contributed by atoms with Gasteiger partial charge in [-0.15, -0.1) is 0 Å². The minimum Gasteiger partial charge on any atom is -0.343 e. The molecule has 70 valence electrons. The standard InChI is InChI=1S/C11H16N2/c1-6-7(2)11-12-8(3)10(5)13(11)9(6)4/h12H,1-5H3. The molecule has 0 spiro atoms. The highest BCUT2D eigenvalue weighted by atomic mass is 15.0. The van der Waals surface area contributed by atoms with Crippen LogP contribution in [0.15, 0.2) is 0 Å². The number of aryl methyl sites for hydroxylation is 4. The molecule has 0 aliphatic carbocycles. The summed E-state index contributed by atoms with van der Waals surface area (Å²) in [5, 5.41) is 0. The Hall–Kier alpha value is -1.18. The normalized spacial score (nSPS) is 11.5. The first-order chi connectivity index (χ1) is 6.04. The fourth-order valence-corrected chi connectivity index (χ4v) is 1.96. The van der Waals surface area contributed by atoms with Crippen LogP contribution in [-0.2, 0) is 0 Å². The Bertz CT molecular complexity index is 472. The Kier molecular flexibility index (Phi) is 1.56. The van der Waals surface area contributed by atoms with Gasteiger partial charge in [0.25, 0.3) is 0 Å². The average Bonchev–Trinajstić information content (AvgIpc) is 2.48. The largest absolute Gasteiger partial charge is 0.343 e. The molecule has 2 aromatic rings. The molecule has 2 nitrogen and oxygen atoms in total. The summed E-state index contributed by atoms with van der Waals surface area (Å²) in [5.74, 6) is 0. The van der Waals surface area contributed by atoms with Crippen molar-refractivity contribution < 1.29 is 0 Å². The van der Waals surface area contributed by atoms with Crippen LogP contribution >= 0.6 is 0 Å². The van der Waals surface area contributed by atoms with Crippen molar-refractivity contribution in [1.82, 2.24) is 9.38 Å². The van der Waals surface area contributed by atoms with E-state index in [4.69, 9.17) is 0 Å². The molecule has 0 saturated carbocycles. The number of hydrogen-bond donors (Lipinski definition) is 1. The first kappa shape index (κ1) is 8.42. The number of hydrogen-bond acceptors (Lipinski definition) is 0. The molecule has 0 amide bonds. The second kappa shape index (κ2) is 2.41. The number of nitrogens with one attached hydrogen (secondary N) is 1. The van der Waals surface area contributed by atoms with Gasteiger partial charge >= 0.3 is 0 Å². The van der Waals surface area contributed by atoms with Gasteiger partial charge in [0.1, 0.15) is 5.65 Å². The summed E-state index contributed by atoms with van der Waals surface area (Å²) >= 11 is 0. The van der Waals surface area contributed by atoms with Crippen molar-refractivity contribution in [3.8, 4) is 0 Å². The number of aromatic amines is 1. The third kappa shape index (κ3) is 0.886. The Labute approximate surface area is 78.6 Å². The molecule has 0 radical (unpaired) electrons. The van der Waals surface area contributed by atoms with Gasteiger partial charge in [-0.3, -0.25) is 0 Å². The van der Waals surface area contributed by atoms with E-state index in [1.807, 2.05) is 0 Å². The van der Waals surface area contributed by atoms with Gasteiger partial charge in [0.2, 0.25) is 0 Å². The predicted octanol–water partition coefficient (Wildman–Crippen LogP) is 2.81. The minimum atomic E-state index is 1.25. The maximum atomic E-state index is 3.42. The van der Waals surface area contributed by atoms with Crippen molar-refractivity contribution in [1.29, 1.82) is 0 Å². The topological polar surface area (TPSA) is 20.2 Å². The van der Waals surface area contributed by atoms with E-state index in [0.29, 0.717) is 0 Å². The molecule has 0 bridgehead atoms. The van der Waals surface area contributed by atoms with E-state index < -0.39 is 0 Å². The third-order valence-corrected chi connectivity index (χ3v) is 3.20. The zero-order valence-electron chi connectivity index (χ0n) is 8.95. The van der Waals surface area contributed by atoms with Gasteiger partial charge in [-0.2, -0.15) is 0 Å². The fourth-order valence-electron chi connectivity index (χ4n) is 1.96. The molecule has 0 aromatic carbocycles. The minimum absolute atomic E-state index is 1.25. The number of imidazole rings is 1. The van der Waals surface area contributed by atoms with E-state index in [-0.39, 0.29) is 0 Å². The maximum absolute atomic E-state index is 3.42. The highest BCUT2D eigenvalue weighted by Crippen LogP contribution is 2.23. The summed E-state index contributed by atoms with van der Waals surface area (Å²) in [6.45, 7) is 10.8. The van der Waals surface area contributed by atoms with Crippen molar-refractivity contribution in [2.75, 3.05) is 0 Å². The van der Waals surface area contributed by atoms with Gasteiger partial charge in [0.15, 0.2) is 0 Å². The first-order valence-electron chi connectivity index (χ1n) is 4.67. The van der Waals surface area contributed by atoms with Crippen molar-refractivity contribution >= 4 is 5.65 Å². The van der Waals surface area contributed by atoms with Gasteiger partial charge in [0.05, 0.1) is 0 Å².